The van der Waals surface area contributed by atoms with Crippen molar-refractivity contribution in [2.75, 3.05) is 11.6 Å². The van der Waals surface area contributed by atoms with Crippen molar-refractivity contribution in [3.05, 3.63) is 54.4 Å². The molecule has 0 radical (unpaired) electrons. The average molecular weight is 305 g/mol. The second-order valence-corrected chi connectivity index (χ2v) is 6.44. The van der Waals surface area contributed by atoms with E-state index in [1.807, 2.05) is 6.07 Å². The predicted octanol–water partition coefficient (Wildman–Crippen LogP) is 1.81. The number of benzene rings is 1. The predicted molar refractivity (Wildman–Crippen MR) is 79.6 cm³/mol. The normalized spacial score (nSPS) is 10.9. The van der Waals surface area contributed by atoms with Crippen LogP contribution in [0.2, 0.25) is 0 Å². The van der Waals surface area contributed by atoms with Crippen LogP contribution in [0.5, 0.6) is 0 Å². The minimum absolute atomic E-state index is 0.210. The molecule has 0 saturated heterocycles. The molecule has 1 heterocycles. The Kier molecular flexibility index (Phi) is 4.54. The second-order valence-electron chi connectivity index (χ2n) is 4.43. The molecule has 0 bridgehead atoms. The van der Waals surface area contributed by atoms with Gasteiger partial charge in [-0.1, -0.05) is 6.07 Å². The zero-order valence-corrected chi connectivity index (χ0v) is 12.2. The van der Waals surface area contributed by atoms with Gasteiger partial charge in [0.2, 0.25) is 0 Å². The van der Waals surface area contributed by atoms with Gasteiger partial charge in [0.1, 0.15) is 0 Å². The number of urea groups is 1. The summed E-state index contributed by atoms with van der Waals surface area (Å²) in [5.41, 5.74) is 1.26. The fourth-order valence-electron chi connectivity index (χ4n) is 1.63. The summed E-state index contributed by atoms with van der Waals surface area (Å²) in [4.78, 5) is 16.0. The highest BCUT2D eigenvalue weighted by Crippen LogP contribution is 2.13. The van der Waals surface area contributed by atoms with Gasteiger partial charge in [0, 0.05) is 18.1 Å². The van der Waals surface area contributed by atoms with Crippen molar-refractivity contribution >= 4 is 21.6 Å². The number of amides is 2. The molecule has 0 atom stereocenters. The number of anilines is 1. The molecule has 7 heteroatoms. The Balaban J connectivity index is 1.91. The fraction of sp³-hybridized carbons (Fsp3) is 0.143. The summed E-state index contributed by atoms with van der Waals surface area (Å²) in [6, 6.07) is 11.0. The first-order valence-corrected chi connectivity index (χ1v) is 8.09. The number of carbonyl (C=O) groups is 1. The van der Waals surface area contributed by atoms with Crippen LogP contribution in [0.15, 0.2) is 53.6 Å². The molecule has 1 aromatic carbocycles. The number of carbonyl (C=O) groups excluding carboxylic acids is 1. The third-order valence-corrected chi connectivity index (χ3v) is 3.83. The van der Waals surface area contributed by atoms with Crippen molar-refractivity contribution < 1.29 is 13.2 Å². The maximum atomic E-state index is 11.7. The van der Waals surface area contributed by atoms with Gasteiger partial charge in [-0.3, -0.25) is 4.98 Å². The lowest BCUT2D eigenvalue weighted by Gasteiger charge is -2.07. The van der Waals surface area contributed by atoms with E-state index in [4.69, 9.17) is 0 Å². The molecule has 0 aliphatic rings. The van der Waals surface area contributed by atoms with Gasteiger partial charge in [0.15, 0.2) is 9.84 Å². The van der Waals surface area contributed by atoms with Crippen molar-refractivity contribution in [3.8, 4) is 0 Å². The molecule has 0 spiro atoms. The molecule has 6 nitrogen and oxygen atoms in total. The summed E-state index contributed by atoms with van der Waals surface area (Å²) in [5, 5.41) is 5.28. The molecule has 0 fully saturated rings. The van der Waals surface area contributed by atoms with Crippen molar-refractivity contribution in [2.45, 2.75) is 11.4 Å². The lowest BCUT2D eigenvalue weighted by molar-refractivity contribution is 0.251. The number of sulfone groups is 1. The Hall–Kier alpha value is -2.41. The van der Waals surface area contributed by atoms with Crippen LogP contribution in [-0.2, 0) is 16.4 Å². The Morgan fingerprint density at radius 3 is 2.43 bits per heavy atom. The maximum Gasteiger partial charge on any atom is 0.319 e. The summed E-state index contributed by atoms with van der Waals surface area (Å²) in [6.07, 6.45) is 2.79. The van der Waals surface area contributed by atoms with Crippen LogP contribution in [0.4, 0.5) is 10.5 Å². The van der Waals surface area contributed by atoms with Crippen molar-refractivity contribution in [3.63, 3.8) is 0 Å². The van der Waals surface area contributed by atoms with E-state index >= 15 is 0 Å². The van der Waals surface area contributed by atoms with Crippen LogP contribution >= 0.6 is 0 Å². The van der Waals surface area contributed by atoms with E-state index in [-0.39, 0.29) is 10.9 Å². The number of hydrogen-bond acceptors (Lipinski definition) is 4. The van der Waals surface area contributed by atoms with Gasteiger partial charge in [0.05, 0.1) is 17.1 Å². The molecule has 0 unspecified atom stereocenters. The largest absolute Gasteiger partial charge is 0.332 e. The number of pyridine rings is 1. The molecule has 2 aromatic rings. The van der Waals surface area contributed by atoms with Crippen molar-refractivity contribution in [2.24, 2.45) is 0 Å². The van der Waals surface area contributed by atoms with Gasteiger partial charge in [-0.15, -0.1) is 0 Å². The van der Waals surface area contributed by atoms with E-state index in [1.165, 1.54) is 24.3 Å². The molecule has 0 aliphatic carbocycles. The monoisotopic (exact) mass is 305 g/mol. The third kappa shape index (κ3) is 4.57. The van der Waals surface area contributed by atoms with Gasteiger partial charge in [-0.05, 0) is 36.4 Å². The van der Waals surface area contributed by atoms with E-state index in [2.05, 4.69) is 15.6 Å². The molecule has 110 valence electrons. The first-order chi connectivity index (χ1) is 9.95. The van der Waals surface area contributed by atoms with Gasteiger partial charge >= 0.3 is 6.03 Å². The second kappa shape index (κ2) is 6.36. The minimum Gasteiger partial charge on any atom is -0.332 e. The van der Waals surface area contributed by atoms with Gasteiger partial charge in [-0.2, -0.15) is 0 Å². The fourth-order valence-corrected chi connectivity index (χ4v) is 2.26. The van der Waals surface area contributed by atoms with E-state index in [0.717, 1.165) is 11.9 Å². The van der Waals surface area contributed by atoms with Crippen LogP contribution in [0.1, 0.15) is 5.69 Å². The van der Waals surface area contributed by atoms with E-state index in [9.17, 15) is 13.2 Å². The van der Waals surface area contributed by atoms with Crippen LogP contribution in [0.25, 0.3) is 0 Å². The molecule has 2 amide bonds. The number of hydrogen-bond donors (Lipinski definition) is 2. The summed E-state index contributed by atoms with van der Waals surface area (Å²) >= 11 is 0. The van der Waals surface area contributed by atoms with Crippen molar-refractivity contribution in [1.29, 1.82) is 0 Å². The smallest absolute Gasteiger partial charge is 0.319 e. The molecule has 1 aromatic heterocycles. The topological polar surface area (TPSA) is 88.2 Å². The van der Waals surface area contributed by atoms with Crippen molar-refractivity contribution in [1.82, 2.24) is 10.3 Å². The Labute approximate surface area is 123 Å². The lowest BCUT2D eigenvalue weighted by Crippen LogP contribution is -2.28. The number of rotatable bonds is 4. The average Bonchev–Trinajstić information content (AvgIpc) is 2.46. The molecular formula is C14H15N3O3S. The Morgan fingerprint density at radius 1 is 1.14 bits per heavy atom. The quantitative estimate of drug-likeness (QED) is 0.901. The maximum absolute atomic E-state index is 11.7. The minimum atomic E-state index is -3.23. The first kappa shape index (κ1) is 15.0. The Bertz CT molecular complexity index is 713. The summed E-state index contributed by atoms with van der Waals surface area (Å²) < 4.78 is 22.6. The molecule has 2 rings (SSSR count). The molecule has 2 N–H and O–H groups in total. The first-order valence-electron chi connectivity index (χ1n) is 6.20. The molecular weight excluding hydrogens is 290 g/mol. The number of nitrogens with one attached hydrogen (secondary N) is 2. The summed E-state index contributed by atoms with van der Waals surface area (Å²) in [7, 11) is -3.23. The van der Waals surface area contributed by atoms with Crippen LogP contribution in [0.3, 0.4) is 0 Å². The van der Waals surface area contributed by atoms with E-state index in [1.54, 1.807) is 18.3 Å². The summed E-state index contributed by atoms with van der Waals surface area (Å²) in [6.45, 7) is 0.314. The highest BCUT2D eigenvalue weighted by molar-refractivity contribution is 7.90. The molecule has 0 saturated carbocycles. The van der Waals surface area contributed by atoms with Crippen LogP contribution in [0, 0.1) is 0 Å². The molecule has 21 heavy (non-hydrogen) atoms. The van der Waals surface area contributed by atoms with Gasteiger partial charge in [0.25, 0.3) is 0 Å². The molecule has 0 aliphatic heterocycles. The number of nitrogens with zero attached hydrogens (tertiary/aromatic N) is 1. The van der Waals surface area contributed by atoms with E-state index in [0.29, 0.717) is 12.2 Å². The number of aromatic nitrogens is 1. The van der Waals surface area contributed by atoms with Gasteiger partial charge in [-0.25, -0.2) is 13.2 Å². The highest BCUT2D eigenvalue weighted by atomic mass is 32.2. The third-order valence-electron chi connectivity index (χ3n) is 2.70. The Morgan fingerprint density at radius 2 is 1.86 bits per heavy atom. The zero-order chi connectivity index (χ0) is 15.3. The van der Waals surface area contributed by atoms with Crippen LogP contribution < -0.4 is 10.6 Å². The van der Waals surface area contributed by atoms with Crippen LogP contribution in [-0.4, -0.2) is 25.7 Å². The highest BCUT2D eigenvalue weighted by Gasteiger charge is 2.07. The standard InChI is InChI=1S/C14H15N3O3S/c1-21(19,20)13-7-5-11(6-8-13)17-14(18)16-10-12-4-2-3-9-15-12/h2-9H,10H2,1H3,(H2,16,17,18). The summed E-state index contributed by atoms with van der Waals surface area (Å²) in [5.74, 6) is 0. The van der Waals surface area contributed by atoms with Gasteiger partial charge < -0.3 is 10.6 Å². The lowest BCUT2D eigenvalue weighted by atomic mass is 10.3. The zero-order valence-electron chi connectivity index (χ0n) is 11.4. The SMILES string of the molecule is CS(=O)(=O)c1ccc(NC(=O)NCc2ccccn2)cc1. The van der Waals surface area contributed by atoms with E-state index < -0.39 is 9.84 Å².